The lowest BCUT2D eigenvalue weighted by Gasteiger charge is -2.10. The van der Waals surface area contributed by atoms with Crippen molar-refractivity contribution in [1.82, 2.24) is 29.5 Å². The van der Waals surface area contributed by atoms with Gasteiger partial charge in [-0.15, -0.1) is 0 Å². The normalized spacial score (nSPS) is 10.9. The fourth-order valence-electron chi connectivity index (χ4n) is 3.31. The van der Waals surface area contributed by atoms with Gasteiger partial charge in [-0.25, -0.2) is 15.0 Å². The maximum Gasteiger partial charge on any atom is 0.233 e. The van der Waals surface area contributed by atoms with Gasteiger partial charge in [0.2, 0.25) is 11.9 Å². The molecule has 5 aromatic rings. The zero-order chi connectivity index (χ0) is 21.8. The highest BCUT2D eigenvalue weighted by molar-refractivity contribution is 5.85. The quantitative estimate of drug-likeness (QED) is 0.362. The number of anilines is 3. The molecule has 0 atom stereocenters. The molecule has 0 aliphatic carbocycles. The van der Waals surface area contributed by atoms with E-state index in [1.54, 1.807) is 36.9 Å². The summed E-state index contributed by atoms with van der Waals surface area (Å²) in [5, 5.41) is 15.9. The fraction of sp³-hybridized carbons (Fsp3) is 0.0870. The van der Waals surface area contributed by atoms with Crippen molar-refractivity contribution in [3.63, 3.8) is 0 Å². The first-order valence-electron chi connectivity index (χ1n) is 10.1. The minimum Gasteiger partial charge on any atom is -0.508 e. The van der Waals surface area contributed by atoms with E-state index < -0.39 is 0 Å². The summed E-state index contributed by atoms with van der Waals surface area (Å²) in [6.07, 6.45) is 5.80. The van der Waals surface area contributed by atoms with Crippen LogP contribution in [0.2, 0.25) is 0 Å². The lowest BCUT2D eigenvalue weighted by molar-refractivity contribution is 0.475. The first kappa shape index (κ1) is 19.4. The van der Waals surface area contributed by atoms with Gasteiger partial charge in [-0.3, -0.25) is 9.88 Å². The second-order valence-corrected chi connectivity index (χ2v) is 7.06. The Kier molecular flexibility index (Phi) is 5.27. The smallest absolute Gasteiger partial charge is 0.233 e. The number of aromatic nitrogens is 6. The summed E-state index contributed by atoms with van der Waals surface area (Å²) in [7, 11) is 0. The fourth-order valence-corrected chi connectivity index (χ4v) is 3.31. The van der Waals surface area contributed by atoms with E-state index in [1.807, 2.05) is 47.0 Å². The highest BCUT2D eigenvalue weighted by atomic mass is 16.3. The molecular formula is C23H20N8O. The Labute approximate surface area is 183 Å². The molecular weight excluding hydrogens is 404 g/mol. The number of imidazole rings is 1. The molecule has 3 heterocycles. The zero-order valence-corrected chi connectivity index (χ0v) is 17.1. The molecule has 3 N–H and O–H groups in total. The van der Waals surface area contributed by atoms with Gasteiger partial charge in [0, 0.05) is 24.6 Å². The van der Waals surface area contributed by atoms with E-state index in [4.69, 9.17) is 0 Å². The number of aromatic hydroxyl groups is 1. The van der Waals surface area contributed by atoms with Crippen molar-refractivity contribution in [2.75, 3.05) is 17.2 Å². The minimum absolute atomic E-state index is 0.254. The van der Waals surface area contributed by atoms with E-state index in [1.165, 1.54) is 0 Å². The lowest BCUT2D eigenvalue weighted by atomic mass is 10.1. The van der Waals surface area contributed by atoms with Crippen molar-refractivity contribution in [2.24, 2.45) is 0 Å². The summed E-state index contributed by atoms with van der Waals surface area (Å²) in [5.41, 5.74) is 3.38. The van der Waals surface area contributed by atoms with Gasteiger partial charge in [0.1, 0.15) is 12.1 Å². The highest BCUT2D eigenvalue weighted by Gasteiger charge is 2.15. The number of para-hydroxylation sites is 1. The third kappa shape index (κ3) is 4.17. The second-order valence-electron chi connectivity index (χ2n) is 7.06. The molecule has 9 nitrogen and oxygen atoms in total. The number of benzene rings is 2. The van der Waals surface area contributed by atoms with Gasteiger partial charge in [-0.05, 0) is 42.3 Å². The van der Waals surface area contributed by atoms with Crippen LogP contribution >= 0.6 is 0 Å². The molecule has 0 fully saturated rings. The Morgan fingerprint density at radius 3 is 2.38 bits per heavy atom. The Balaban J connectivity index is 1.48. The first-order chi connectivity index (χ1) is 15.8. The van der Waals surface area contributed by atoms with Crippen molar-refractivity contribution >= 4 is 28.9 Å². The van der Waals surface area contributed by atoms with Crippen molar-refractivity contribution in [2.45, 2.75) is 6.42 Å². The molecule has 0 saturated heterocycles. The van der Waals surface area contributed by atoms with Crippen LogP contribution in [0.25, 0.3) is 16.9 Å². The largest absolute Gasteiger partial charge is 0.508 e. The van der Waals surface area contributed by atoms with Gasteiger partial charge < -0.3 is 10.4 Å². The number of phenolic OH excluding ortho intramolecular Hbond substituents is 1. The number of phenols is 1. The molecule has 0 unspecified atom stereocenters. The summed E-state index contributed by atoms with van der Waals surface area (Å²) >= 11 is 0. The number of hydrogen-bond donors (Lipinski definition) is 3. The van der Waals surface area contributed by atoms with E-state index in [-0.39, 0.29) is 5.75 Å². The molecule has 2 aromatic carbocycles. The third-order valence-corrected chi connectivity index (χ3v) is 4.86. The molecule has 0 amide bonds. The maximum absolute atomic E-state index is 9.47. The van der Waals surface area contributed by atoms with Crippen LogP contribution in [0.3, 0.4) is 0 Å². The van der Waals surface area contributed by atoms with Gasteiger partial charge in [-0.2, -0.15) is 9.97 Å². The molecule has 9 heteroatoms. The van der Waals surface area contributed by atoms with E-state index in [9.17, 15) is 5.11 Å². The molecule has 158 valence electrons. The number of fused-ring (bicyclic) bond motifs is 1. The van der Waals surface area contributed by atoms with Crippen LogP contribution in [-0.2, 0) is 6.42 Å². The summed E-state index contributed by atoms with van der Waals surface area (Å²) in [6.45, 7) is 0.635. The van der Waals surface area contributed by atoms with Gasteiger partial charge in [0.05, 0.1) is 0 Å². The summed E-state index contributed by atoms with van der Waals surface area (Å²) in [4.78, 5) is 22.2. The summed E-state index contributed by atoms with van der Waals surface area (Å²) in [6, 6.07) is 18.8. The predicted molar refractivity (Wildman–Crippen MR) is 122 cm³/mol. The van der Waals surface area contributed by atoms with E-state index in [0.717, 1.165) is 17.7 Å². The predicted octanol–water partition coefficient (Wildman–Crippen LogP) is 3.71. The van der Waals surface area contributed by atoms with Crippen LogP contribution < -0.4 is 10.6 Å². The molecule has 0 saturated carbocycles. The monoisotopic (exact) mass is 424 g/mol. The maximum atomic E-state index is 9.47. The zero-order valence-electron chi connectivity index (χ0n) is 17.1. The van der Waals surface area contributed by atoms with E-state index in [0.29, 0.717) is 35.4 Å². The van der Waals surface area contributed by atoms with Crippen LogP contribution in [0.5, 0.6) is 5.75 Å². The van der Waals surface area contributed by atoms with E-state index >= 15 is 0 Å². The van der Waals surface area contributed by atoms with Gasteiger partial charge in [0.25, 0.3) is 0 Å². The van der Waals surface area contributed by atoms with Crippen molar-refractivity contribution in [3.05, 3.63) is 84.9 Å². The van der Waals surface area contributed by atoms with Crippen LogP contribution in [0, 0.1) is 0 Å². The van der Waals surface area contributed by atoms with Gasteiger partial charge in [0.15, 0.2) is 17.0 Å². The van der Waals surface area contributed by atoms with Crippen LogP contribution in [0.4, 0.5) is 17.7 Å². The Hall–Kier alpha value is -4.53. The molecule has 0 aliphatic rings. The van der Waals surface area contributed by atoms with Crippen molar-refractivity contribution in [1.29, 1.82) is 0 Å². The number of nitrogens with one attached hydrogen (secondary N) is 2. The molecule has 3 aromatic heterocycles. The topological polar surface area (TPSA) is 114 Å². The van der Waals surface area contributed by atoms with Crippen molar-refractivity contribution in [3.8, 4) is 11.4 Å². The standard InChI is InChI=1S/C23H20N8O/c32-18-9-7-16(8-10-18)11-14-24-20-19-21(31(15-27-19)17-5-2-1-3-6-17)29-23(28-20)30-22-25-12-4-13-26-22/h1-10,12-13,15,32H,11,14H2,(H2,24,25,26,28,29,30). The SMILES string of the molecule is Oc1ccc(CCNc2nc(Nc3ncccn3)nc3c2ncn3-c2ccccc2)cc1. The molecule has 32 heavy (non-hydrogen) atoms. The Morgan fingerprint density at radius 1 is 0.812 bits per heavy atom. The Bertz CT molecular complexity index is 1320. The highest BCUT2D eigenvalue weighted by Crippen LogP contribution is 2.24. The third-order valence-electron chi connectivity index (χ3n) is 4.86. The molecule has 5 rings (SSSR count). The summed E-state index contributed by atoms with van der Waals surface area (Å²) in [5.74, 6) is 1.65. The molecule has 0 bridgehead atoms. The minimum atomic E-state index is 0.254. The summed E-state index contributed by atoms with van der Waals surface area (Å²) < 4.78 is 1.92. The number of hydrogen-bond acceptors (Lipinski definition) is 8. The first-order valence-corrected chi connectivity index (χ1v) is 10.1. The molecule has 0 radical (unpaired) electrons. The van der Waals surface area contributed by atoms with Crippen LogP contribution in [0.15, 0.2) is 79.4 Å². The molecule has 0 aliphatic heterocycles. The van der Waals surface area contributed by atoms with Gasteiger partial charge in [-0.1, -0.05) is 30.3 Å². The second kappa shape index (κ2) is 8.68. The van der Waals surface area contributed by atoms with Crippen LogP contribution in [0.1, 0.15) is 5.56 Å². The average molecular weight is 424 g/mol. The lowest BCUT2D eigenvalue weighted by Crippen LogP contribution is -2.10. The van der Waals surface area contributed by atoms with E-state index in [2.05, 4.69) is 35.6 Å². The molecule has 0 spiro atoms. The van der Waals surface area contributed by atoms with Crippen molar-refractivity contribution < 1.29 is 5.11 Å². The van der Waals surface area contributed by atoms with Crippen LogP contribution in [-0.4, -0.2) is 41.1 Å². The Morgan fingerprint density at radius 2 is 1.59 bits per heavy atom. The average Bonchev–Trinajstić information content (AvgIpc) is 3.26. The number of nitrogens with zero attached hydrogens (tertiary/aromatic N) is 6. The van der Waals surface area contributed by atoms with Gasteiger partial charge >= 0.3 is 0 Å². The number of rotatable bonds is 7.